The number of carbonyl (C=O) groups is 1. The minimum absolute atomic E-state index is 0.0860. The van der Waals surface area contributed by atoms with Crippen LogP contribution in [0.15, 0.2) is 12.1 Å². The predicted molar refractivity (Wildman–Crippen MR) is 68.6 cm³/mol. The Labute approximate surface area is 116 Å². The average Bonchev–Trinajstić information content (AvgIpc) is 2.40. The van der Waals surface area contributed by atoms with Crippen molar-refractivity contribution >= 4 is 5.97 Å². The molecule has 0 aromatic heterocycles. The second kappa shape index (κ2) is 6.96. The molecule has 1 aromatic rings. The van der Waals surface area contributed by atoms with E-state index in [1.54, 1.807) is 19.9 Å². The fourth-order valence-electron chi connectivity index (χ4n) is 1.77. The second-order valence-corrected chi connectivity index (χ2v) is 4.66. The summed E-state index contributed by atoms with van der Waals surface area (Å²) in [5.74, 6) is -2.22. The van der Waals surface area contributed by atoms with Crippen molar-refractivity contribution in [3.05, 3.63) is 34.9 Å². The fraction of sp³-hybridized carbons (Fsp3) is 0.429. The van der Waals surface area contributed by atoms with Gasteiger partial charge in [-0.25, -0.2) is 8.78 Å². The summed E-state index contributed by atoms with van der Waals surface area (Å²) in [6.07, 6.45) is 0. The molecule has 0 bridgehead atoms. The molecule has 0 aliphatic carbocycles. The molecule has 4 nitrogen and oxygen atoms in total. The van der Waals surface area contributed by atoms with Gasteiger partial charge in [0.25, 0.3) is 0 Å². The molecule has 0 aliphatic heterocycles. The number of esters is 1. The number of nitriles is 1. The van der Waals surface area contributed by atoms with Crippen LogP contribution in [0.2, 0.25) is 0 Å². The summed E-state index contributed by atoms with van der Waals surface area (Å²) in [5, 5.41) is 11.4. The molecule has 0 saturated heterocycles. The van der Waals surface area contributed by atoms with Crippen LogP contribution in [-0.2, 0) is 16.1 Å². The highest BCUT2D eigenvalue weighted by Gasteiger charge is 2.23. The highest BCUT2D eigenvalue weighted by atomic mass is 19.1. The van der Waals surface area contributed by atoms with Crippen molar-refractivity contribution in [1.82, 2.24) is 5.32 Å². The summed E-state index contributed by atoms with van der Waals surface area (Å²) in [7, 11) is 1.25. The molecule has 0 saturated carbocycles. The van der Waals surface area contributed by atoms with Crippen molar-refractivity contribution < 1.29 is 18.3 Å². The van der Waals surface area contributed by atoms with Crippen LogP contribution in [-0.4, -0.2) is 19.1 Å². The summed E-state index contributed by atoms with van der Waals surface area (Å²) in [4.78, 5) is 11.5. The standard InChI is InChI=1S/C14H16F2N2O2/c1-8(2)13(14(19)20-3)18-7-10-11(15)4-9(6-17)5-12(10)16/h4-5,8,13,18H,7H2,1-3H3. The van der Waals surface area contributed by atoms with Crippen LogP contribution in [0.5, 0.6) is 0 Å². The first-order valence-corrected chi connectivity index (χ1v) is 6.10. The van der Waals surface area contributed by atoms with Crippen molar-refractivity contribution in [2.75, 3.05) is 7.11 Å². The first-order chi connectivity index (χ1) is 9.40. The van der Waals surface area contributed by atoms with Crippen LogP contribution in [0, 0.1) is 28.9 Å². The van der Waals surface area contributed by atoms with Crippen LogP contribution < -0.4 is 5.32 Å². The Hall–Kier alpha value is -2.00. The van der Waals surface area contributed by atoms with Crippen LogP contribution in [0.3, 0.4) is 0 Å². The molecule has 0 amide bonds. The molecule has 1 unspecified atom stereocenters. The van der Waals surface area contributed by atoms with Crippen LogP contribution in [0.1, 0.15) is 25.0 Å². The Morgan fingerprint density at radius 2 is 1.95 bits per heavy atom. The molecule has 0 fully saturated rings. The van der Waals surface area contributed by atoms with E-state index in [1.165, 1.54) is 7.11 Å². The number of hydrogen-bond acceptors (Lipinski definition) is 4. The van der Waals surface area contributed by atoms with Gasteiger partial charge >= 0.3 is 5.97 Å². The van der Waals surface area contributed by atoms with Gasteiger partial charge < -0.3 is 4.74 Å². The van der Waals surface area contributed by atoms with E-state index in [0.717, 1.165) is 12.1 Å². The quantitative estimate of drug-likeness (QED) is 0.840. The lowest BCUT2D eigenvalue weighted by Crippen LogP contribution is -2.41. The van der Waals surface area contributed by atoms with Gasteiger partial charge in [0.05, 0.1) is 18.7 Å². The predicted octanol–water partition coefficient (Wildman–Crippen LogP) is 2.12. The van der Waals surface area contributed by atoms with Gasteiger partial charge in [0, 0.05) is 12.1 Å². The molecular formula is C14H16F2N2O2. The van der Waals surface area contributed by atoms with E-state index in [2.05, 4.69) is 10.1 Å². The maximum atomic E-state index is 13.7. The molecule has 0 heterocycles. The number of ether oxygens (including phenoxy) is 1. The van der Waals surface area contributed by atoms with Gasteiger partial charge in [-0.05, 0) is 18.1 Å². The second-order valence-electron chi connectivity index (χ2n) is 4.66. The number of rotatable bonds is 5. The molecule has 1 rings (SSSR count). The number of nitrogens with one attached hydrogen (secondary N) is 1. The number of benzene rings is 1. The van der Waals surface area contributed by atoms with Gasteiger partial charge in [-0.15, -0.1) is 0 Å². The van der Waals surface area contributed by atoms with Crippen LogP contribution in [0.25, 0.3) is 0 Å². The van der Waals surface area contributed by atoms with Gasteiger partial charge in [-0.3, -0.25) is 10.1 Å². The maximum Gasteiger partial charge on any atom is 0.323 e. The number of halogens is 2. The van der Waals surface area contributed by atoms with E-state index in [-0.39, 0.29) is 23.6 Å². The number of carbonyl (C=O) groups excluding carboxylic acids is 1. The molecular weight excluding hydrogens is 266 g/mol. The lowest BCUT2D eigenvalue weighted by molar-refractivity contribution is -0.144. The molecule has 1 N–H and O–H groups in total. The van der Waals surface area contributed by atoms with E-state index in [4.69, 9.17) is 5.26 Å². The third kappa shape index (κ3) is 3.75. The fourth-order valence-corrected chi connectivity index (χ4v) is 1.77. The Bertz CT molecular complexity index is 515. The van der Waals surface area contributed by atoms with E-state index in [0.29, 0.717) is 0 Å². The molecule has 0 spiro atoms. The average molecular weight is 282 g/mol. The zero-order valence-corrected chi connectivity index (χ0v) is 11.5. The molecule has 6 heteroatoms. The molecule has 20 heavy (non-hydrogen) atoms. The summed E-state index contributed by atoms with van der Waals surface area (Å²) in [6, 6.07) is 2.94. The Morgan fingerprint density at radius 1 is 1.40 bits per heavy atom. The third-order valence-corrected chi connectivity index (χ3v) is 2.89. The van der Waals surface area contributed by atoms with Crippen LogP contribution >= 0.6 is 0 Å². The van der Waals surface area contributed by atoms with Gasteiger partial charge in [0.2, 0.25) is 0 Å². The first kappa shape index (κ1) is 16.1. The van der Waals surface area contributed by atoms with Crippen molar-refractivity contribution in [2.24, 2.45) is 5.92 Å². The summed E-state index contributed by atoms with van der Waals surface area (Å²) in [5.41, 5.74) is -0.296. The third-order valence-electron chi connectivity index (χ3n) is 2.89. The van der Waals surface area contributed by atoms with Crippen molar-refractivity contribution in [2.45, 2.75) is 26.4 Å². The highest BCUT2D eigenvalue weighted by Crippen LogP contribution is 2.16. The van der Waals surface area contributed by atoms with E-state index in [1.807, 2.05) is 0 Å². The molecule has 108 valence electrons. The smallest absolute Gasteiger partial charge is 0.323 e. The number of nitrogens with zero attached hydrogens (tertiary/aromatic N) is 1. The van der Waals surface area contributed by atoms with Crippen molar-refractivity contribution in [3.63, 3.8) is 0 Å². The van der Waals surface area contributed by atoms with E-state index >= 15 is 0 Å². The maximum absolute atomic E-state index is 13.7. The van der Waals surface area contributed by atoms with Crippen molar-refractivity contribution in [1.29, 1.82) is 5.26 Å². The topological polar surface area (TPSA) is 62.1 Å². The zero-order valence-electron chi connectivity index (χ0n) is 11.5. The monoisotopic (exact) mass is 282 g/mol. The van der Waals surface area contributed by atoms with Gasteiger partial charge in [-0.1, -0.05) is 13.8 Å². The SMILES string of the molecule is COC(=O)C(NCc1c(F)cc(C#N)cc1F)C(C)C. The molecule has 1 atom stereocenters. The van der Waals surface area contributed by atoms with Crippen LogP contribution in [0.4, 0.5) is 8.78 Å². The normalized spacial score (nSPS) is 12.1. The number of methoxy groups -OCH3 is 1. The molecule has 1 aromatic carbocycles. The van der Waals surface area contributed by atoms with Gasteiger partial charge in [-0.2, -0.15) is 5.26 Å². The Balaban J connectivity index is 2.89. The lowest BCUT2D eigenvalue weighted by atomic mass is 10.0. The van der Waals surface area contributed by atoms with Gasteiger partial charge in [0.1, 0.15) is 17.7 Å². The largest absolute Gasteiger partial charge is 0.468 e. The van der Waals surface area contributed by atoms with E-state index in [9.17, 15) is 13.6 Å². The lowest BCUT2D eigenvalue weighted by Gasteiger charge is -2.20. The molecule has 0 radical (unpaired) electrons. The number of hydrogen-bond donors (Lipinski definition) is 1. The minimum Gasteiger partial charge on any atom is -0.468 e. The zero-order chi connectivity index (χ0) is 15.3. The van der Waals surface area contributed by atoms with Crippen molar-refractivity contribution in [3.8, 4) is 6.07 Å². The Kier molecular flexibility index (Phi) is 5.59. The summed E-state index contributed by atoms with van der Waals surface area (Å²) in [6.45, 7) is 3.42. The Morgan fingerprint density at radius 3 is 2.35 bits per heavy atom. The summed E-state index contributed by atoms with van der Waals surface area (Å²) >= 11 is 0. The summed E-state index contributed by atoms with van der Waals surface area (Å²) < 4.78 is 32.0. The first-order valence-electron chi connectivity index (χ1n) is 6.10. The van der Waals surface area contributed by atoms with Gasteiger partial charge in [0.15, 0.2) is 0 Å². The minimum atomic E-state index is -0.818. The highest BCUT2D eigenvalue weighted by molar-refractivity contribution is 5.75. The van der Waals surface area contributed by atoms with E-state index < -0.39 is 23.6 Å². The molecule has 0 aliphatic rings.